The SMILES string of the molecule is C=CCCCOC(=O)[C@@H]1[C@H]2C(=O)N(CCCO)C(C(=O)N(CC=C)Cc3ccccc3)C23CC[C@@]1(C)S3. The molecule has 200 valence electrons. The number of allylic oxidation sites excluding steroid dienone is 1. The summed E-state index contributed by atoms with van der Waals surface area (Å²) >= 11 is 1.64. The Bertz CT molecular complexity index is 1030. The predicted octanol–water partition coefficient (Wildman–Crippen LogP) is 3.57. The van der Waals surface area contributed by atoms with Crippen LogP contribution in [-0.2, 0) is 25.7 Å². The maximum atomic E-state index is 14.3. The van der Waals surface area contributed by atoms with Crippen LogP contribution in [0, 0.1) is 11.8 Å². The summed E-state index contributed by atoms with van der Waals surface area (Å²) in [7, 11) is 0. The number of carbonyl (C=O) groups excluding carboxylic acids is 3. The summed E-state index contributed by atoms with van der Waals surface area (Å²) in [6, 6.07) is 9.06. The van der Waals surface area contributed by atoms with Crippen molar-refractivity contribution in [2.75, 3.05) is 26.3 Å². The van der Waals surface area contributed by atoms with E-state index >= 15 is 0 Å². The van der Waals surface area contributed by atoms with Gasteiger partial charge in [-0.15, -0.1) is 24.9 Å². The Morgan fingerprint density at radius 1 is 1.22 bits per heavy atom. The first-order chi connectivity index (χ1) is 17.8. The van der Waals surface area contributed by atoms with Crippen molar-refractivity contribution < 1.29 is 24.2 Å². The van der Waals surface area contributed by atoms with Crippen molar-refractivity contribution in [2.45, 2.75) is 61.1 Å². The minimum atomic E-state index is -0.703. The maximum absolute atomic E-state index is 14.3. The van der Waals surface area contributed by atoms with E-state index in [4.69, 9.17) is 4.74 Å². The van der Waals surface area contributed by atoms with Gasteiger partial charge < -0.3 is 19.6 Å². The monoisotopic (exact) mass is 526 g/mol. The number of likely N-dealkylation sites (tertiary alicyclic amines) is 1. The van der Waals surface area contributed by atoms with E-state index in [-0.39, 0.29) is 37.5 Å². The summed E-state index contributed by atoms with van der Waals surface area (Å²) in [4.78, 5) is 45.0. The summed E-state index contributed by atoms with van der Waals surface area (Å²) in [6.07, 6.45) is 6.73. The smallest absolute Gasteiger partial charge is 0.311 e. The molecule has 2 bridgehead atoms. The van der Waals surface area contributed by atoms with Gasteiger partial charge in [0, 0.05) is 31.0 Å². The Kier molecular flexibility index (Phi) is 8.49. The average Bonchev–Trinajstić information content (AvgIpc) is 3.46. The number of carbonyl (C=O) groups is 3. The molecule has 2 unspecified atom stereocenters. The van der Waals surface area contributed by atoms with Crippen molar-refractivity contribution in [2.24, 2.45) is 11.8 Å². The van der Waals surface area contributed by atoms with Crippen LogP contribution in [0.25, 0.3) is 0 Å². The minimum Gasteiger partial charge on any atom is -0.465 e. The molecule has 3 aliphatic heterocycles. The molecule has 0 aromatic heterocycles. The molecule has 3 heterocycles. The van der Waals surface area contributed by atoms with Crippen LogP contribution < -0.4 is 0 Å². The summed E-state index contributed by atoms with van der Waals surface area (Å²) in [5.74, 6) is -1.86. The molecule has 4 rings (SSSR count). The van der Waals surface area contributed by atoms with Crippen molar-refractivity contribution in [3.63, 3.8) is 0 Å². The van der Waals surface area contributed by atoms with Gasteiger partial charge in [-0.2, -0.15) is 0 Å². The third-order valence-electron chi connectivity index (χ3n) is 8.00. The van der Waals surface area contributed by atoms with Gasteiger partial charge in [0.2, 0.25) is 11.8 Å². The standard InChI is InChI=1S/C29H38N2O5S/c1-4-6-10-19-36-27(35)23-22-25(33)31(17-11-18-32)24(29(22)15-14-28(23,3)37-29)26(34)30(16-5-2)20-21-12-8-7-9-13-21/h4-5,7-9,12-13,22-24,32H,1-2,6,10-11,14-20H2,3H3/t22-,23-,24?,28+,29?/m0/s1. The van der Waals surface area contributed by atoms with Gasteiger partial charge in [0.05, 0.1) is 23.2 Å². The molecular formula is C29H38N2O5S. The Labute approximate surface area is 223 Å². The van der Waals surface area contributed by atoms with E-state index in [1.807, 2.05) is 37.3 Å². The van der Waals surface area contributed by atoms with Gasteiger partial charge in [-0.25, -0.2) is 0 Å². The van der Waals surface area contributed by atoms with Crippen LogP contribution in [0.1, 0.15) is 44.6 Å². The van der Waals surface area contributed by atoms with Gasteiger partial charge in [-0.05, 0) is 44.6 Å². The lowest BCUT2D eigenvalue weighted by Gasteiger charge is -2.37. The molecule has 3 fully saturated rings. The lowest BCUT2D eigenvalue weighted by Crippen LogP contribution is -2.54. The number of hydrogen-bond acceptors (Lipinski definition) is 6. The molecular weight excluding hydrogens is 488 g/mol. The quantitative estimate of drug-likeness (QED) is 0.240. The lowest BCUT2D eigenvalue weighted by atomic mass is 9.66. The lowest BCUT2D eigenvalue weighted by molar-refractivity contribution is -0.155. The number of amides is 2. The molecule has 2 amide bonds. The first-order valence-corrected chi connectivity index (χ1v) is 14.0. The van der Waals surface area contributed by atoms with E-state index in [1.54, 1.807) is 33.7 Å². The van der Waals surface area contributed by atoms with Crippen LogP contribution in [0.5, 0.6) is 0 Å². The summed E-state index contributed by atoms with van der Waals surface area (Å²) in [5.41, 5.74) is 0.995. The number of unbranched alkanes of at least 4 members (excludes halogenated alkanes) is 1. The Morgan fingerprint density at radius 2 is 1.97 bits per heavy atom. The molecule has 1 N–H and O–H groups in total. The van der Waals surface area contributed by atoms with Gasteiger partial charge >= 0.3 is 5.97 Å². The molecule has 3 aliphatic rings. The number of hydrogen-bond donors (Lipinski definition) is 1. The van der Waals surface area contributed by atoms with Crippen molar-refractivity contribution in [3.8, 4) is 0 Å². The second-order valence-electron chi connectivity index (χ2n) is 10.4. The molecule has 1 spiro atoms. The number of rotatable bonds is 13. The predicted molar refractivity (Wildman–Crippen MR) is 145 cm³/mol. The van der Waals surface area contributed by atoms with E-state index < -0.39 is 27.4 Å². The molecule has 0 aliphatic carbocycles. The number of aliphatic hydroxyl groups excluding tert-OH is 1. The summed E-state index contributed by atoms with van der Waals surface area (Å²) < 4.78 is 4.50. The zero-order chi connectivity index (χ0) is 26.6. The highest BCUT2D eigenvalue weighted by Crippen LogP contribution is 2.71. The highest BCUT2D eigenvalue weighted by Gasteiger charge is 2.77. The number of benzene rings is 1. The van der Waals surface area contributed by atoms with Crippen molar-refractivity contribution in [1.82, 2.24) is 9.80 Å². The highest BCUT2D eigenvalue weighted by atomic mass is 32.2. The minimum absolute atomic E-state index is 0.0810. The molecule has 1 aromatic carbocycles. The second-order valence-corrected chi connectivity index (χ2v) is 12.3. The first-order valence-electron chi connectivity index (χ1n) is 13.2. The molecule has 3 saturated heterocycles. The fourth-order valence-corrected chi connectivity index (χ4v) is 8.74. The zero-order valence-corrected chi connectivity index (χ0v) is 22.5. The van der Waals surface area contributed by atoms with Gasteiger partial charge in [0.25, 0.3) is 0 Å². The molecule has 0 saturated carbocycles. The van der Waals surface area contributed by atoms with E-state index in [2.05, 4.69) is 13.2 Å². The number of nitrogens with zero attached hydrogens (tertiary/aromatic N) is 2. The van der Waals surface area contributed by atoms with Gasteiger partial charge in [-0.1, -0.05) is 42.5 Å². The molecule has 0 radical (unpaired) electrons. The van der Waals surface area contributed by atoms with Gasteiger partial charge in [0.1, 0.15) is 6.04 Å². The van der Waals surface area contributed by atoms with Crippen LogP contribution in [0.2, 0.25) is 0 Å². The maximum Gasteiger partial charge on any atom is 0.311 e. The van der Waals surface area contributed by atoms with E-state index in [1.165, 1.54) is 0 Å². The Hall–Kier alpha value is -2.58. The molecule has 8 heteroatoms. The summed E-state index contributed by atoms with van der Waals surface area (Å²) in [5, 5.41) is 9.55. The first kappa shape index (κ1) is 27.5. The van der Waals surface area contributed by atoms with Crippen LogP contribution in [-0.4, -0.2) is 74.5 Å². The average molecular weight is 527 g/mol. The van der Waals surface area contributed by atoms with E-state index in [0.29, 0.717) is 32.4 Å². The van der Waals surface area contributed by atoms with E-state index in [9.17, 15) is 19.5 Å². The van der Waals surface area contributed by atoms with Gasteiger partial charge in [-0.3, -0.25) is 14.4 Å². The fraction of sp³-hybridized carbons (Fsp3) is 0.552. The second kappa shape index (κ2) is 11.4. The number of thioether (sulfide) groups is 1. The Balaban J connectivity index is 1.67. The third-order valence-corrected chi connectivity index (χ3v) is 9.98. The van der Waals surface area contributed by atoms with Crippen molar-refractivity contribution in [1.29, 1.82) is 0 Å². The molecule has 37 heavy (non-hydrogen) atoms. The van der Waals surface area contributed by atoms with Crippen molar-refractivity contribution in [3.05, 3.63) is 61.2 Å². The van der Waals surface area contributed by atoms with Crippen LogP contribution in [0.15, 0.2) is 55.6 Å². The number of esters is 1. The fourth-order valence-electron chi connectivity index (χ4n) is 6.40. The largest absolute Gasteiger partial charge is 0.465 e. The molecule has 7 nitrogen and oxygen atoms in total. The zero-order valence-electron chi connectivity index (χ0n) is 21.6. The summed E-state index contributed by atoms with van der Waals surface area (Å²) in [6.45, 7) is 10.8. The van der Waals surface area contributed by atoms with Gasteiger partial charge in [0.15, 0.2) is 0 Å². The third kappa shape index (κ3) is 4.98. The van der Waals surface area contributed by atoms with Crippen LogP contribution in [0.4, 0.5) is 0 Å². The van der Waals surface area contributed by atoms with Crippen LogP contribution >= 0.6 is 11.8 Å². The normalized spacial score (nSPS) is 29.7. The number of aliphatic hydroxyl groups is 1. The number of ether oxygens (including phenoxy) is 1. The Morgan fingerprint density at radius 3 is 2.65 bits per heavy atom. The van der Waals surface area contributed by atoms with Crippen LogP contribution in [0.3, 0.4) is 0 Å². The highest BCUT2D eigenvalue weighted by molar-refractivity contribution is 8.02. The molecule has 1 aromatic rings. The molecule has 5 atom stereocenters. The van der Waals surface area contributed by atoms with E-state index in [0.717, 1.165) is 18.4 Å². The number of fused-ring (bicyclic) bond motifs is 1. The van der Waals surface area contributed by atoms with Crippen molar-refractivity contribution >= 4 is 29.5 Å². The topological polar surface area (TPSA) is 87.1 Å².